The molecule has 36 heavy (non-hydrogen) atoms. The van der Waals surface area contributed by atoms with E-state index >= 15 is 0 Å². The predicted octanol–water partition coefficient (Wildman–Crippen LogP) is 1.11. The molecule has 3 aromatic heterocycles. The first-order chi connectivity index (χ1) is 17.4. The maximum atomic E-state index is 14.9. The van der Waals surface area contributed by atoms with Crippen LogP contribution in [0.2, 0.25) is 0 Å². The molecule has 0 unspecified atom stereocenters. The number of nitrogens with zero attached hydrogens (tertiary/aromatic N) is 5. The van der Waals surface area contributed by atoms with Crippen LogP contribution in [0.25, 0.3) is 11.0 Å². The summed E-state index contributed by atoms with van der Waals surface area (Å²) in [5.41, 5.74) is 0.949. The topological polar surface area (TPSA) is 114 Å². The van der Waals surface area contributed by atoms with E-state index in [2.05, 4.69) is 25.2 Å². The molecule has 0 bridgehead atoms. The van der Waals surface area contributed by atoms with Crippen molar-refractivity contribution in [1.82, 2.24) is 24.8 Å². The first-order valence-corrected chi connectivity index (χ1v) is 12.0. The highest BCUT2D eigenvalue weighted by atomic mass is 19.1. The zero-order chi connectivity index (χ0) is 24.9. The van der Waals surface area contributed by atoms with Crippen LogP contribution in [0.5, 0.6) is 5.75 Å². The van der Waals surface area contributed by atoms with Gasteiger partial charge in [0.1, 0.15) is 18.0 Å². The van der Waals surface area contributed by atoms with E-state index in [1.54, 1.807) is 6.07 Å². The van der Waals surface area contributed by atoms with Crippen molar-refractivity contribution >= 4 is 22.6 Å². The molecule has 6 heterocycles. The molecule has 0 aromatic carbocycles. The Balaban J connectivity index is 1.10. The molecule has 188 valence electrons. The van der Waals surface area contributed by atoms with Gasteiger partial charge >= 0.3 is 0 Å². The van der Waals surface area contributed by atoms with Crippen molar-refractivity contribution in [2.75, 3.05) is 39.4 Å². The van der Waals surface area contributed by atoms with Crippen molar-refractivity contribution in [2.24, 2.45) is 4.99 Å². The second-order valence-corrected chi connectivity index (χ2v) is 9.62. The van der Waals surface area contributed by atoms with Gasteiger partial charge < -0.3 is 24.5 Å². The Bertz CT molecular complexity index is 1430. The van der Waals surface area contributed by atoms with Gasteiger partial charge in [0.05, 0.1) is 53.5 Å². The van der Waals surface area contributed by atoms with Crippen LogP contribution in [0.15, 0.2) is 40.2 Å². The first kappa shape index (κ1) is 23.2. The molecule has 0 amide bonds. The number of hydrogen-bond donors (Lipinski definition) is 2. The maximum absolute atomic E-state index is 14.9. The molecule has 1 saturated heterocycles. The largest absolute Gasteiger partial charge is 0.484 e. The lowest BCUT2D eigenvalue weighted by Crippen LogP contribution is -2.51. The highest BCUT2D eigenvalue weighted by molar-refractivity contribution is 5.87. The van der Waals surface area contributed by atoms with Gasteiger partial charge in [-0.15, -0.1) is 0 Å². The molecule has 10 nitrogen and oxygen atoms in total. The summed E-state index contributed by atoms with van der Waals surface area (Å²) in [6.07, 6.45) is 1.000. The van der Waals surface area contributed by atoms with E-state index in [4.69, 9.17) is 9.47 Å². The number of halogens is 1. The molecular formula is C25H27FN6O4. The molecule has 0 saturated carbocycles. The number of pyridine rings is 3. The molecule has 3 aliphatic rings. The molecule has 2 N–H and O–H groups in total. The first-order valence-electron chi connectivity index (χ1n) is 12.0. The molecule has 0 aliphatic carbocycles. The number of aromatic nitrogens is 3. The van der Waals surface area contributed by atoms with Gasteiger partial charge in [-0.25, -0.2) is 14.4 Å². The van der Waals surface area contributed by atoms with E-state index in [1.807, 2.05) is 19.1 Å². The predicted molar refractivity (Wildman–Crippen MR) is 130 cm³/mol. The van der Waals surface area contributed by atoms with Gasteiger partial charge in [-0.3, -0.25) is 14.7 Å². The summed E-state index contributed by atoms with van der Waals surface area (Å²) in [6, 6.07) is 6.76. The fourth-order valence-electron chi connectivity index (χ4n) is 5.25. The molecule has 3 aliphatic heterocycles. The number of nitrogens with one attached hydrogen (secondary N) is 1. The van der Waals surface area contributed by atoms with E-state index in [-0.39, 0.29) is 30.3 Å². The minimum Gasteiger partial charge on any atom is -0.484 e. The van der Waals surface area contributed by atoms with E-state index in [0.717, 1.165) is 17.6 Å². The minimum absolute atomic E-state index is 0.00291. The van der Waals surface area contributed by atoms with Crippen molar-refractivity contribution < 1.29 is 19.0 Å². The zero-order valence-corrected chi connectivity index (χ0v) is 19.9. The number of aliphatic hydroxyl groups is 1. The Morgan fingerprint density at radius 2 is 2.19 bits per heavy atom. The van der Waals surface area contributed by atoms with Gasteiger partial charge in [-0.05, 0) is 25.1 Å². The fraction of sp³-hybridized carbons (Fsp3) is 0.440. The van der Waals surface area contributed by atoms with Crippen LogP contribution in [0.3, 0.4) is 0 Å². The number of aliphatic imine (C=N–C) groups is 1. The second kappa shape index (κ2) is 9.00. The summed E-state index contributed by atoms with van der Waals surface area (Å²) < 4.78 is 27.8. The highest BCUT2D eigenvalue weighted by Gasteiger charge is 2.43. The summed E-state index contributed by atoms with van der Waals surface area (Å²) in [6.45, 7) is 5.36. The third kappa shape index (κ3) is 4.17. The van der Waals surface area contributed by atoms with Crippen molar-refractivity contribution in [1.29, 1.82) is 0 Å². The van der Waals surface area contributed by atoms with Gasteiger partial charge in [0.15, 0.2) is 11.6 Å². The number of ether oxygens (including phenoxy) is 2. The standard InChI is InChI=1S/C25H27FN6O4/c1-15-12-36-20-4-2-16(30-24(20)29-15)8-27-9-17-11-31(6-7-35-17)13-25(34)14-32-21(33)5-3-19-23(32)22(25)18(26)10-28-19/h2-5,10,17,27,34H,6-9,11-14H2,1H3/t17-,25-/m0/s1. The van der Waals surface area contributed by atoms with Crippen LogP contribution < -0.4 is 15.6 Å². The number of β-amino-alcohol motifs (C(OH)–C–C–N with tert-alkyl or cyclic N) is 1. The van der Waals surface area contributed by atoms with E-state index in [9.17, 15) is 14.3 Å². The Morgan fingerprint density at radius 1 is 1.31 bits per heavy atom. The monoisotopic (exact) mass is 494 g/mol. The van der Waals surface area contributed by atoms with E-state index in [1.165, 1.54) is 10.6 Å². The Labute approximate surface area is 206 Å². The van der Waals surface area contributed by atoms with Crippen LogP contribution in [-0.4, -0.2) is 75.7 Å². The lowest BCUT2D eigenvalue weighted by Gasteiger charge is -2.37. The summed E-state index contributed by atoms with van der Waals surface area (Å²) in [7, 11) is 0. The smallest absolute Gasteiger partial charge is 0.251 e. The van der Waals surface area contributed by atoms with Gasteiger partial charge in [-0.1, -0.05) is 0 Å². The van der Waals surface area contributed by atoms with Crippen molar-refractivity contribution in [3.63, 3.8) is 0 Å². The van der Waals surface area contributed by atoms with Gasteiger partial charge in [0.2, 0.25) is 0 Å². The van der Waals surface area contributed by atoms with Crippen molar-refractivity contribution in [3.8, 4) is 5.75 Å². The molecule has 0 radical (unpaired) electrons. The van der Waals surface area contributed by atoms with Crippen LogP contribution in [-0.2, 0) is 23.4 Å². The Hall–Kier alpha value is -3.25. The van der Waals surface area contributed by atoms with Crippen LogP contribution in [0, 0.1) is 5.82 Å². The highest BCUT2D eigenvalue weighted by Crippen LogP contribution is 2.37. The molecule has 6 rings (SSSR count). The van der Waals surface area contributed by atoms with Crippen molar-refractivity contribution in [3.05, 3.63) is 57.9 Å². The molecule has 3 aromatic rings. The van der Waals surface area contributed by atoms with Crippen LogP contribution in [0.1, 0.15) is 18.2 Å². The molecule has 1 fully saturated rings. The lowest BCUT2D eigenvalue weighted by atomic mass is 9.94. The van der Waals surface area contributed by atoms with E-state index < -0.39 is 11.4 Å². The molecule has 11 heteroatoms. The van der Waals surface area contributed by atoms with Crippen LogP contribution in [0.4, 0.5) is 10.2 Å². The normalized spacial score (nSPS) is 23.4. The number of morpholine rings is 1. The third-order valence-electron chi connectivity index (χ3n) is 6.86. The summed E-state index contributed by atoms with van der Waals surface area (Å²) in [5, 5.41) is 14.9. The fourth-order valence-corrected chi connectivity index (χ4v) is 5.25. The number of rotatable bonds is 6. The lowest BCUT2D eigenvalue weighted by molar-refractivity contribution is -0.0689. The van der Waals surface area contributed by atoms with Gasteiger partial charge in [-0.2, -0.15) is 0 Å². The summed E-state index contributed by atoms with van der Waals surface area (Å²) in [4.78, 5) is 27.6. The SMILES string of the molecule is CC1=Nc2nc(CNC[C@H]3CN(C[C@]4(O)Cn5c(=O)ccc6ncc(F)c4c65)CCO3)ccc2OC1. The van der Waals surface area contributed by atoms with Gasteiger partial charge in [0, 0.05) is 38.8 Å². The average molecular weight is 495 g/mol. The average Bonchev–Trinajstić information content (AvgIpc) is 3.17. The molecule has 2 atom stereocenters. The second-order valence-electron chi connectivity index (χ2n) is 9.62. The summed E-state index contributed by atoms with van der Waals surface area (Å²) >= 11 is 0. The summed E-state index contributed by atoms with van der Waals surface area (Å²) in [5.74, 6) is 0.684. The maximum Gasteiger partial charge on any atom is 0.251 e. The quantitative estimate of drug-likeness (QED) is 0.524. The number of fused-ring (bicyclic) bond motifs is 1. The van der Waals surface area contributed by atoms with Crippen LogP contribution >= 0.6 is 0 Å². The van der Waals surface area contributed by atoms with Crippen molar-refractivity contribution in [2.45, 2.75) is 31.7 Å². The van der Waals surface area contributed by atoms with Gasteiger partial charge in [0.25, 0.3) is 5.56 Å². The Kier molecular flexibility index (Phi) is 5.79. The van der Waals surface area contributed by atoms with E-state index in [0.29, 0.717) is 62.0 Å². The third-order valence-corrected chi connectivity index (χ3v) is 6.86. The zero-order valence-electron chi connectivity index (χ0n) is 19.9. The Morgan fingerprint density at radius 3 is 3.08 bits per heavy atom. The number of hydrogen-bond acceptors (Lipinski definition) is 9. The molecular weight excluding hydrogens is 467 g/mol. The molecule has 0 spiro atoms. The minimum atomic E-state index is -1.53.